The number of halogens is 1. The highest BCUT2D eigenvalue weighted by atomic mass is 79.9. The van der Waals surface area contributed by atoms with Gasteiger partial charge in [0, 0.05) is 23.5 Å². The maximum atomic E-state index is 5.69. The largest absolute Gasteiger partial charge is 0.271 e. The van der Waals surface area contributed by atoms with Crippen LogP contribution in [-0.2, 0) is 6.42 Å². The Hall–Kier alpha value is -0.690. The first-order valence-electron chi connectivity index (χ1n) is 6.27. The van der Waals surface area contributed by atoms with Gasteiger partial charge in [0.1, 0.15) is 0 Å². The number of hydrogen-bond donors (Lipinski definition) is 2. The van der Waals surface area contributed by atoms with Crippen molar-refractivity contribution in [2.45, 2.75) is 39.3 Å². The summed E-state index contributed by atoms with van der Waals surface area (Å²) in [5, 5.41) is 4.57. The van der Waals surface area contributed by atoms with Gasteiger partial charge < -0.3 is 0 Å². The maximum Gasteiger partial charge on any atom is 0.0731 e. The van der Waals surface area contributed by atoms with Crippen molar-refractivity contribution in [3.8, 4) is 0 Å². The predicted octanol–water partition coefficient (Wildman–Crippen LogP) is 3.34. The molecule has 0 radical (unpaired) electrons. The van der Waals surface area contributed by atoms with Gasteiger partial charge in [-0.3, -0.25) is 16.0 Å². The highest BCUT2D eigenvalue weighted by Gasteiger charge is 2.16. The van der Waals surface area contributed by atoms with Gasteiger partial charge >= 0.3 is 0 Å². The van der Waals surface area contributed by atoms with Crippen LogP contribution in [0.1, 0.15) is 42.1 Å². The first-order chi connectivity index (χ1) is 9.01. The standard InChI is InChI=1S/C13H19BrN4S/c1-8(2)18-5-4-10(17-18)7-11(16-15)12-6-9(3)13(14)19-12/h4-6,8,11,16H,7,15H2,1-3H3. The fraction of sp³-hybridized carbons (Fsp3) is 0.462. The minimum atomic E-state index is 0.102. The van der Waals surface area contributed by atoms with Crippen molar-refractivity contribution in [2.75, 3.05) is 0 Å². The topological polar surface area (TPSA) is 55.9 Å². The molecular weight excluding hydrogens is 324 g/mol. The van der Waals surface area contributed by atoms with Crippen molar-refractivity contribution in [3.63, 3.8) is 0 Å². The van der Waals surface area contributed by atoms with Crippen molar-refractivity contribution >= 4 is 27.3 Å². The number of thiophene rings is 1. The predicted molar refractivity (Wildman–Crippen MR) is 83.1 cm³/mol. The lowest BCUT2D eigenvalue weighted by Crippen LogP contribution is -2.29. The number of hydrogen-bond acceptors (Lipinski definition) is 4. The highest BCUT2D eigenvalue weighted by Crippen LogP contribution is 2.32. The van der Waals surface area contributed by atoms with Gasteiger partial charge in [0.05, 0.1) is 15.5 Å². The summed E-state index contributed by atoms with van der Waals surface area (Å²) in [4.78, 5) is 1.23. The molecule has 104 valence electrons. The molecule has 2 aromatic rings. The molecule has 4 nitrogen and oxygen atoms in total. The summed E-state index contributed by atoms with van der Waals surface area (Å²) >= 11 is 5.27. The number of aromatic nitrogens is 2. The van der Waals surface area contributed by atoms with Gasteiger partial charge in [0.2, 0.25) is 0 Å². The third-order valence-corrected chi connectivity index (χ3v) is 5.28. The second-order valence-electron chi connectivity index (χ2n) is 4.91. The third-order valence-electron chi connectivity index (χ3n) is 3.03. The van der Waals surface area contributed by atoms with Gasteiger partial charge in [-0.2, -0.15) is 5.10 Å². The van der Waals surface area contributed by atoms with E-state index in [2.05, 4.69) is 59.4 Å². The van der Waals surface area contributed by atoms with Crippen molar-refractivity contribution in [1.82, 2.24) is 15.2 Å². The Labute approximate surface area is 126 Å². The summed E-state index contributed by atoms with van der Waals surface area (Å²) in [5.74, 6) is 5.69. The lowest BCUT2D eigenvalue weighted by atomic mass is 10.1. The van der Waals surface area contributed by atoms with E-state index in [1.807, 2.05) is 10.9 Å². The van der Waals surface area contributed by atoms with Gasteiger partial charge in [0.15, 0.2) is 0 Å². The van der Waals surface area contributed by atoms with Gasteiger partial charge in [-0.05, 0) is 54.4 Å². The van der Waals surface area contributed by atoms with Crippen LogP contribution in [0.15, 0.2) is 22.1 Å². The number of rotatable bonds is 5. The van der Waals surface area contributed by atoms with E-state index in [4.69, 9.17) is 5.84 Å². The first-order valence-corrected chi connectivity index (χ1v) is 7.88. The zero-order chi connectivity index (χ0) is 14.0. The van der Waals surface area contributed by atoms with Crippen LogP contribution in [0.5, 0.6) is 0 Å². The Morgan fingerprint density at radius 3 is 2.74 bits per heavy atom. The van der Waals surface area contributed by atoms with E-state index < -0.39 is 0 Å². The minimum absolute atomic E-state index is 0.102. The van der Waals surface area contributed by atoms with Crippen LogP contribution >= 0.6 is 27.3 Å². The molecular formula is C13H19BrN4S. The summed E-state index contributed by atoms with van der Waals surface area (Å²) < 4.78 is 3.13. The Morgan fingerprint density at radius 2 is 2.26 bits per heavy atom. The molecule has 2 rings (SSSR count). The maximum absolute atomic E-state index is 5.69. The van der Waals surface area contributed by atoms with Crippen LogP contribution in [0.3, 0.4) is 0 Å². The van der Waals surface area contributed by atoms with Crippen LogP contribution in [-0.4, -0.2) is 9.78 Å². The fourth-order valence-corrected chi connectivity index (χ4v) is 3.51. The molecule has 2 aromatic heterocycles. The molecule has 3 N–H and O–H groups in total. The van der Waals surface area contributed by atoms with Gasteiger partial charge in [-0.15, -0.1) is 11.3 Å². The fourth-order valence-electron chi connectivity index (χ4n) is 1.88. The van der Waals surface area contributed by atoms with Crippen LogP contribution in [0, 0.1) is 6.92 Å². The molecule has 0 amide bonds. The van der Waals surface area contributed by atoms with E-state index in [1.54, 1.807) is 11.3 Å². The van der Waals surface area contributed by atoms with E-state index in [1.165, 1.54) is 10.4 Å². The quantitative estimate of drug-likeness (QED) is 0.647. The molecule has 0 saturated carbocycles. The molecule has 0 aromatic carbocycles. The zero-order valence-corrected chi connectivity index (χ0v) is 13.8. The molecule has 0 aliphatic carbocycles. The molecule has 0 bridgehead atoms. The van der Waals surface area contributed by atoms with E-state index >= 15 is 0 Å². The normalized spacial score (nSPS) is 13.2. The van der Waals surface area contributed by atoms with E-state index in [0.29, 0.717) is 6.04 Å². The number of aryl methyl sites for hydroxylation is 1. The highest BCUT2D eigenvalue weighted by molar-refractivity contribution is 9.11. The molecule has 1 atom stereocenters. The lowest BCUT2D eigenvalue weighted by molar-refractivity contribution is 0.509. The van der Waals surface area contributed by atoms with Crippen LogP contribution in [0.2, 0.25) is 0 Å². The van der Waals surface area contributed by atoms with E-state index in [-0.39, 0.29) is 6.04 Å². The third kappa shape index (κ3) is 3.45. The zero-order valence-electron chi connectivity index (χ0n) is 11.4. The molecule has 0 spiro atoms. The second kappa shape index (κ2) is 6.17. The Bertz CT molecular complexity index is 527. The summed E-state index contributed by atoms with van der Waals surface area (Å²) in [6.07, 6.45) is 2.81. The Kier molecular flexibility index (Phi) is 4.78. The first kappa shape index (κ1) is 14.7. The smallest absolute Gasteiger partial charge is 0.0731 e. The van der Waals surface area contributed by atoms with Crippen molar-refractivity contribution in [1.29, 1.82) is 0 Å². The van der Waals surface area contributed by atoms with Crippen molar-refractivity contribution < 1.29 is 0 Å². The van der Waals surface area contributed by atoms with E-state index in [9.17, 15) is 0 Å². The molecule has 6 heteroatoms. The lowest BCUT2D eigenvalue weighted by Gasteiger charge is -2.12. The van der Waals surface area contributed by atoms with Crippen LogP contribution in [0.4, 0.5) is 0 Å². The number of nitrogens with one attached hydrogen (secondary N) is 1. The molecule has 1 unspecified atom stereocenters. The summed E-state index contributed by atoms with van der Waals surface area (Å²) in [5.41, 5.74) is 5.18. The number of hydrazine groups is 1. The molecule has 0 saturated heterocycles. The minimum Gasteiger partial charge on any atom is -0.271 e. The molecule has 2 heterocycles. The van der Waals surface area contributed by atoms with Crippen LogP contribution < -0.4 is 11.3 Å². The Morgan fingerprint density at radius 1 is 1.53 bits per heavy atom. The summed E-state index contributed by atoms with van der Waals surface area (Å²) in [7, 11) is 0. The number of nitrogens with zero attached hydrogens (tertiary/aromatic N) is 2. The molecule has 19 heavy (non-hydrogen) atoms. The SMILES string of the molecule is Cc1cc(C(Cc2ccn(C(C)C)n2)NN)sc1Br. The summed E-state index contributed by atoms with van der Waals surface area (Å²) in [6, 6.07) is 4.71. The van der Waals surface area contributed by atoms with Gasteiger partial charge in [-0.1, -0.05) is 0 Å². The molecule has 0 aliphatic heterocycles. The van der Waals surface area contributed by atoms with E-state index in [0.717, 1.165) is 15.9 Å². The second-order valence-corrected chi connectivity index (χ2v) is 7.31. The summed E-state index contributed by atoms with van der Waals surface area (Å²) in [6.45, 7) is 6.33. The average Bonchev–Trinajstić information content (AvgIpc) is 2.94. The monoisotopic (exact) mass is 342 g/mol. The molecule has 0 aliphatic rings. The van der Waals surface area contributed by atoms with Gasteiger partial charge in [-0.25, -0.2) is 0 Å². The number of nitrogens with two attached hydrogens (primary N) is 1. The van der Waals surface area contributed by atoms with Gasteiger partial charge in [0.25, 0.3) is 0 Å². The van der Waals surface area contributed by atoms with Crippen LogP contribution in [0.25, 0.3) is 0 Å². The molecule has 0 fully saturated rings. The van der Waals surface area contributed by atoms with Crippen molar-refractivity contribution in [2.24, 2.45) is 5.84 Å². The average molecular weight is 343 g/mol. The van der Waals surface area contributed by atoms with Crippen molar-refractivity contribution in [3.05, 3.63) is 38.3 Å². The Balaban J connectivity index is 2.14.